The molecule has 0 N–H and O–H groups in total. The minimum Gasteiger partial charge on any atom is -0.0958 e. The molecule has 1 atom stereocenters. The molecular weight excluding hydrogens is 120 g/mol. The zero-order chi connectivity index (χ0) is 7.19. The highest BCUT2D eigenvalue weighted by molar-refractivity contribution is 5.36. The van der Waals surface area contributed by atoms with Crippen molar-refractivity contribution in [1.82, 2.24) is 0 Å². The molecule has 0 spiro atoms. The van der Waals surface area contributed by atoms with Crippen molar-refractivity contribution < 1.29 is 0 Å². The Bertz CT molecular complexity index is 210. The maximum atomic E-state index is 4.01. The van der Waals surface area contributed by atoms with Crippen LogP contribution < -0.4 is 0 Å². The van der Waals surface area contributed by atoms with Gasteiger partial charge in [-0.05, 0) is 31.1 Å². The van der Waals surface area contributed by atoms with Crippen LogP contribution in [-0.4, -0.2) is 0 Å². The van der Waals surface area contributed by atoms with Crippen LogP contribution in [0.3, 0.4) is 0 Å². The molecule has 0 heterocycles. The molecule has 10 heavy (non-hydrogen) atoms. The summed E-state index contributed by atoms with van der Waals surface area (Å²) in [6, 6.07) is 0. The summed E-state index contributed by atoms with van der Waals surface area (Å²) < 4.78 is 0. The third-order valence-electron chi connectivity index (χ3n) is 2.95. The molecular formula is C10H14. The van der Waals surface area contributed by atoms with Crippen LogP contribution in [0.5, 0.6) is 0 Å². The summed E-state index contributed by atoms with van der Waals surface area (Å²) in [4.78, 5) is 0. The molecule has 0 amide bonds. The topological polar surface area (TPSA) is 0 Å². The van der Waals surface area contributed by atoms with E-state index in [1.54, 1.807) is 5.57 Å². The van der Waals surface area contributed by atoms with Gasteiger partial charge in [0.05, 0.1) is 0 Å². The first-order chi connectivity index (χ1) is 4.71. The van der Waals surface area contributed by atoms with Crippen molar-refractivity contribution in [3.8, 4) is 0 Å². The number of rotatable bonds is 0. The van der Waals surface area contributed by atoms with E-state index in [1.807, 2.05) is 0 Å². The quantitative estimate of drug-likeness (QED) is 0.477. The number of hydrogen-bond donors (Lipinski definition) is 0. The van der Waals surface area contributed by atoms with Gasteiger partial charge < -0.3 is 0 Å². The number of fused-ring (bicyclic) bond motifs is 1. The Hall–Kier alpha value is -0.520. The van der Waals surface area contributed by atoms with Crippen LogP contribution in [0.1, 0.15) is 32.6 Å². The van der Waals surface area contributed by atoms with Gasteiger partial charge in [0, 0.05) is 0 Å². The molecule has 54 valence electrons. The fourth-order valence-electron chi connectivity index (χ4n) is 2.38. The Morgan fingerprint density at radius 1 is 1.60 bits per heavy atom. The molecule has 2 aliphatic carbocycles. The smallest absolute Gasteiger partial charge is 0.00729 e. The molecule has 2 rings (SSSR count). The van der Waals surface area contributed by atoms with E-state index < -0.39 is 0 Å². The van der Waals surface area contributed by atoms with Gasteiger partial charge in [0.15, 0.2) is 0 Å². The van der Waals surface area contributed by atoms with Gasteiger partial charge in [-0.3, -0.25) is 0 Å². The van der Waals surface area contributed by atoms with E-state index in [4.69, 9.17) is 0 Å². The van der Waals surface area contributed by atoms with E-state index in [2.05, 4.69) is 19.6 Å². The first kappa shape index (κ1) is 6.21. The normalized spacial score (nSPS) is 38.1. The van der Waals surface area contributed by atoms with Crippen molar-refractivity contribution in [3.63, 3.8) is 0 Å². The van der Waals surface area contributed by atoms with E-state index in [0.29, 0.717) is 5.41 Å². The van der Waals surface area contributed by atoms with Crippen molar-refractivity contribution in [3.05, 3.63) is 23.8 Å². The van der Waals surface area contributed by atoms with E-state index in [0.717, 1.165) is 0 Å². The molecule has 0 nitrogen and oxygen atoms in total. The average molecular weight is 134 g/mol. The minimum absolute atomic E-state index is 0.539. The molecule has 1 unspecified atom stereocenters. The molecule has 0 aromatic rings. The molecule has 0 heteroatoms. The highest BCUT2D eigenvalue weighted by Crippen LogP contribution is 2.51. The summed E-state index contributed by atoms with van der Waals surface area (Å²) >= 11 is 0. The van der Waals surface area contributed by atoms with E-state index in [1.165, 1.54) is 31.3 Å². The summed E-state index contributed by atoms with van der Waals surface area (Å²) in [6.07, 6.45) is 7.65. The Morgan fingerprint density at radius 3 is 3.10 bits per heavy atom. The summed E-state index contributed by atoms with van der Waals surface area (Å²) in [6.45, 7) is 6.38. The average Bonchev–Trinajstić information content (AvgIpc) is 2.20. The maximum Gasteiger partial charge on any atom is -0.00729 e. The first-order valence-electron chi connectivity index (χ1n) is 4.10. The first-order valence-corrected chi connectivity index (χ1v) is 4.10. The fraction of sp³-hybridized carbons (Fsp3) is 0.600. The fourth-order valence-corrected chi connectivity index (χ4v) is 2.38. The van der Waals surface area contributed by atoms with Crippen molar-refractivity contribution in [2.45, 2.75) is 32.6 Å². The van der Waals surface area contributed by atoms with Crippen LogP contribution in [0, 0.1) is 5.41 Å². The lowest BCUT2D eigenvalue weighted by atomic mass is 9.85. The lowest BCUT2D eigenvalue weighted by Crippen LogP contribution is -2.08. The van der Waals surface area contributed by atoms with Crippen LogP contribution in [0.4, 0.5) is 0 Å². The van der Waals surface area contributed by atoms with Crippen molar-refractivity contribution in [1.29, 1.82) is 0 Å². The molecule has 1 fully saturated rings. The van der Waals surface area contributed by atoms with Gasteiger partial charge in [-0.25, -0.2) is 0 Å². The summed E-state index contributed by atoms with van der Waals surface area (Å²) in [5.41, 5.74) is 3.55. The van der Waals surface area contributed by atoms with Gasteiger partial charge in [0.2, 0.25) is 0 Å². The lowest BCUT2D eigenvalue weighted by molar-refractivity contribution is 0.426. The largest absolute Gasteiger partial charge is 0.0958 e. The molecule has 0 aromatic heterocycles. The van der Waals surface area contributed by atoms with Crippen molar-refractivity contribution >= 4 is 0 Å². The Morgan fingerprint density at radius 2 is 2.40 bits per heavy atom. The van der Waals surface area contributed by atoms with Crippen LogP contribution in [-0.2, 0) is 0 Å². The third-order valence-corrected chi connectivity index (χ3v) is 2.95. The van der Waals surface area contributed by atoms with Gasteiger partial charge in [-0.2, -0.15) is 0 Å². The second-order valence-corrected chi connectivity index (χ2v) is 3.92. The van der Waals surface area contributed by atoms with Gasteiger partial charge >= 0.3 is 0 Å². The number of allylic oxidation sites excluding steroid dienone is 3. The number of hydrogen-bond acceptors (Lipinski definition) is 0. The molecule has 0 bridgehead atoms. The van der Waals surface area contributed by atoms with Crippen LogP contribution in [0.25, 0.3) is 0 Å². The standard InChI is InChI=1S/C10H14/c1-8-6-9-4-3-5-10(9,2)7-8/h6H,1,3-5,7H2,2H3. The van der Waals surface area contributed by atoms with Crippen LogP contribution in [0.15, 0.2) is 23.8 Å². The zero-order valence-corrected chi connectivity index (χ0v) is 6.61. The second kappa shape index (κ2) is 1.75. The molecule has 1 saturated carbocycles. The third kappa shape index (κ3) is 0.681. The highest BCUT2D eigenvalue weighted by Gasteiger charge is 2.37. The molecule has 2 aliphatic rings. The molecule has 0 aliphatic heterocycles. The van der Waals surface area contributed by atoms with Gasteiger partial charge in [0.1, 0.15) is 0 Å². The van der Waals surface area contributed by atoms with E-state index in [9.17, 15) is 0 Å². The Balaban J connectivity index is 2.37. The summed E-state index contributed by atoms with van der Waals surface area (Å²) in [7, 11) is 0. The van der Waals surface area contributed by atoms with Crippen LogP contribution in [0.2, 0.25) is 0 Å². The SMILES string of the molecule is C=C1C=C2CCCC2(C)C1. The van der Waals surface area contributed by atoms with Gasteiger partial charge in [0.25, 0.3) is 0 Å². The van der Waals surface area contributed by atoms with Gasteiger partial charge in [-0.1, -0.05) is 30.7 Å². The molecule has 0 aromatic carbocycles. The predicted molar refractivity (Wildman–Crippen MR) is 43.8 cm³/mol. The Kier molecular flexibility index (Phi) is 1.08. The zero-order valence-electron chi connectivity index (χ0n) is 6.61. The predicted octanol–water partition coefficient (Wildman–Crippen LogP) is 3.06. The Labute approximate surface area is 62.6 Å². The summed E-state index contributed by atoms with van der Waals surface area (Å²) in [5, 5.41) is 0. The monoisotopic (exact) mass is 134 g/mol. The second-order valence-electron chi connectivity index (χ2n) is 3.92. The summed E-state index contributed by atoms with van der Waals surface area (Å²) in [5.74, 6) is 0. The van der Waals surface area contributed by atoms with Crippen LogP contribution >= 0.6 is 0 Å². The lowest BCUT2D eigenvalue weighted by Gasteiger charge is -2.19. The maximum absolute atomic E-state index is 4.01. The molecule has 0 radical (unpaired) electrons. The van der Waals surface area contributed by atoms with E-state index >= 15 is 0 Å². The van der Waals surface area contributed by atoms with Crippen molar-refractivity contribution in [2.75, 3.05) is 0 Å². The highest BCUT2D eigenvalue weighted by atomic mass is 14.4. The molecule has 0 saturated heterocycles. The van der Waals surface area contributed by atoms with E-state index in [-0.39, 0.29) is 0 Å². The minimum atomic E-state index is 0.539. The van der Waals surface area contributed by atoms with Crippen molar-refractivity contribution in [2.24, 2.45) is 5.41 Å². The van der Waals surface area contributed by atoms with Gasteiger partial charge in [-0.15, -0.1) is 0 Å².